The highest BCUT2D eigenvalue weighted by Gasteiger charge is 2.43. The molecule has 0 saturated carbocycles. The van der Waals surface area contributed by atoms with Crippen LogP contribution in [0.15, 0.2) is 0 Å². The average Bonchev–Trinajstić information content (AvgIpc) is 2.56. The molecule has 0 bridgehead atoms. The van der Waals surface area contributed by atoms with E-state index in [-0.39, 0.29) is 12.8 Å². The van der Waals surface area contributed by atoms with E-state index in [1.54, 1.807) is 6.92 Å². The van der Waals surface area contributed by atoms with Gasteiger partial charge in [0.1, 0.15) is 24.4 Å². The first kappa shape index (κ1) is 22.8. The molecular weight excluding hydrogens is 348 g/mol. The van der Waals surface area contributed by atoms with Crippen molar-refractivity contribution in [3.05, 3.63) is 0 Å². The standard InChI is InChI=1S/C17H30O9/c1-4-6-11(7-12(18)19)25-13(20)8-10(5-2)26-17-16(23)15(22)14(21)9(3)24-17/h9-11,14-17,21-23H,4-8H2,1-3H3,(H,18,19)/t9?,10-,11-,14-,15-,16?,17-/m0/s1. The molecule has 26 heavy (non-hydrogen) atoms. The van der Waals surface area contributed by atoms with E-state index in [0.29, 0.717) is 19.3 Å². The van der Waals surface area contributed by atoms with Gasteiger partial charge in [0.2, 0.25) is 0 Å². The number of carbonyl (C=O) groups is 2. The maximum atomic E-state index is 12.1. The Bertz CT molecular complexity index is 456. The highest BCUT2D eigenvalue weighted by molar-refractivity contribution is 5.71. The number of carbonyl (C=O) groups excluding carboxylic acids is 1. The highest BCUT2D eigenvalue weighted by atomic mass is 16.7. The minimum atomic E-state index is -1.45. The zero-order chi connectivity index (χ0) is 19.9. The zero-order valence-corrected chi connectivity index (χ0v) is 15.4. The molecule has 0 radical (unpaired) electrons. The number of aliphatic hydroxyl groups is 3. The Hall–Kier alpha value is -1.26. The summed E-state index contributed by atoms with van der Waals surface area (Å²) >= 11 is 0. The molecular formula is C17H30O9. The van der Waals surface area contributed by atoms with Gasteiger partial charge in [-0.3, -0.25) is 9.59 Å². The lowest BCUT2D eigenvalue weighted by molar-refractivity contribution is -0.304. The van der Waals surface area contributed by atoms with Crippen molar-refractivity contribution < 1.29 is 44.2 Å². The van der Waals surface area contributed by atoms with Crippen LogP contribution in [-0.2, 0) is 23.8 Å². The summed E-state index contributed by atoms with van der Waals surface area (Å²) in [6.45, 7) is 5.17. The molecule has 9 heteroatoms. The molecule has 1 heterocycles. The Morgan fingerprint density at radius 3 is 2.23 bits per heavy atom. The van der Waals surface area contributed by atoms with Crippen LogP contribution in [0, 0.1) is 0 Å². The van der Waals surface area contributed by atoms with Crippen LogP contribution in [0.5, 0.6) is 0 Å². The molecule has 4 N–H and O–H groups in total. The molecule has 152 valence electrons. The molecule has 1 saturated heterocycles. The predicted octanol–water partition coefficient (Wildman–Crippen LogP) is 0.186. The topological polar surface area (TPSA) is 143 Å². The number of carboxylic acids is 1. The summed E-state index contributed by atoms with van der Waals surface area (Å²) in [6.07, 6.45) is -6.25. The Balaban J connectivity index is 2.60. The van der Waals surface area contributed by atoms with E-state index in [2.05, 4.69) is 0 Å². The fraction of sp³-hybridized carbons (Fsp3) is 0.882. The maximum Gasteiger partial charge on any atom is 0.308 e. The van der Waals surface area contributed by atoms with E-state index < -0.39 is 54.9 Å². The monoisotopic (exact) mass is 378 g/mol. The van der Waals surface area contributed by atoms with Crippen molar-refractivity contribution in [2.75, 3.05) is 0 Å². The van der Waals surface area contributed by atoms with Crippen molar-refractivity contribution in [1.82, 2.24) is 0 Å². The first-order chi connectivity index (χ1) is 12.2. The van der Waals surface area contributed by atoms with Crippen molar-refractivity contribution in [3.8, 4) is 0 Å². The van der Waals surface area contributed by atoms with E-state index in [9.17, 15) is 24.9 Å². The normalized spacial score (nSPS) is 31.2. The summed E-state index contributed by atoms with van der Waals surface area (Å²) in [7, 11) is 0. The van der Waals surface area contributed by atoms with Gasteiger partial charge in [-0.25, -0.2) is 0 Å². The van der Waals surface area contributed by atoms with Gasteiger partial charge in [-0.05, 0) is 19.8 Å². The van der Waals surface area contributed by atoms with E-state index >= 15 is 0 Å². The maximum absolute atomic E-state index is 12.1. The van der Waals surface area contributed by atoms with Gasteiger partial charge in [-0.15, -0.1) is 0 Å². The molecule has 1 fully saturated rings. The molecule has 0 aromatic heterocycles. The van der Waals surface area contributed by atoms with Gasteiger partial charge in [-0.2, -0.15) is 0 Å². The van der Waals surface area contributed by atoms with Crippen molar-refractivity contribution in [1.29, 1.82) is 0 Å². The molecule has 0 aromatic carbocycles. The van der Waals surface area contributed by atoms with E-state index in [1.165, 1.54) is 6.92 Å². The number of esters is 1. The summed E-state index contributed by atoms with van der Waals surface area (Å²) in [6, 6.07) is 0. The minimum absolute atomic E-state index is 0.143. The van der Waals surface area contributed by atoms with Gasteiger partial charge < -0.3 is 34.6 Å². The SMILES string of the molecule is CCC[C@@H](CC(=O)O)OC(=O)C[C@H](CC)O[C@@H]1OC(C)[C@H](O)[C@H](O)C1O. The lowest BCUT2D eigenvalue weighted by atomic mass is 10.00. The molecule has 1 aliphatic rings. The number of aliphatic hydroxyl groups excluding tert-OH is 3. The van der Waals surface area contributed by atoms with Gasteiger partial charge in [0.05, 0.1) is 25.0 Å². The number of hydrogen-bond acceptors (Lipinski definition) is 8. The lowest BCUT2D eigenvalue weighted by Gasteiger charge is -2.40. The molecule has 0 aliphatic carbocycles. The fourth-order valence-corrected chi connectivity index (χ4v) is 2.74. The number of ether oxygens (including phenoxy) is 3. The lowest BCUT2D eigenvalue weighted by Crippen LogP contribution is -2.58. The highest BCUT2D eigenvalue weighted by Crippen LogP contribution is 2.24. The molecule has 1 aliphatic heterocycles. The third-order valence-electron chi connectivity index (χ3n) is 4.30. The molecule has 2 unspecified atom stereocenters. The molecule has 0 amide bonds. The van der Waals surface area contributed by atoms with Crippen molar-refractivity contribution in [3.63, 3.8) is 0 Å². The largest absolute Gasteiger partial charge is 0.481 e. The summed E-state index contributed by atoms with van der Waals surface area (Å²) < 4.78 is 16.1. The quantitative estimate of drug-likeness (QED) is 0.392. The van der Waals surface area contributed by atoms with Crippen LogP contribution in [0.3, 0.4) is 0 Å². The van der Waals surface area contributed by atoms with Gasteiger partial charge >= 0.3 is 11.9 Å². The number of rotatable bonds is 10. The van der Waals surface area contributed by atoms with Crippen molar-refractivity contribution >= 4 is 11.9 Å². The van der Waals surface area contributed by atoms with Crippen LogP contribution in [0.1, 0.15) is 52.9 Å². The van der Waals surface area contributed by atoms with Crippen molar-refractivity contribution in [2.45, 2.75) is 95.8 Å². The van der Waals surface area contributed by atoms with E-state index in [4.69, 9.17) is 19.3 Å². The van der Waals surface area contributed by atoms with E-state index in [0.717, 1.165) is 0 Å². The van der Waals surface area contributed by atoms with Crippen LogP contribution in [0.25, 0.3) is 0 Å². The first-order valence-electron chi connectivity index (χ1n) is 8.95. The number of carboxylic acid groups (broad SMARTS) is 1. The molecule has 0 spiro atoms. The number of hydrogen-bond donors (Lipinski definition) is 4. The zero-order valence-electron chi connectivity index (χ0n) is 15.4. The van der Waals surface area contributed by atoms with Gasteiger partial charge in [-0.1, -0.05) is 20.3 Å². The molecule has 9 nitrogen and oxygen atoms in total. The first-order valence-corrected chi connectivity index (χ1v) is 8.95. The van der Waals surface area contributed by atoms with Crippen LogP contribution in [0.2, 0.25) is 0 Å². The van der Waals surface area contributed by atoms with Crippen LogP contribution >= 0.6 is 0 Å². The Morgan fingerprint density at radius 2 is 1.69 bits per heavy atom. The Labute approximate surface area is 152 Å². The van der Waals surface area contributed by atoms with Crippen LogP contribution < -0.4 is 0 Å². The third-order valence-corrected chi connectivity index (χ3v) is 4.30. The van der Waals surface area contributed by atoms with E-state index in [1.807, 2.05) is 6.92 Å². The predicted molar refractivity (Wildman–Crippen MR) is 89.2 cm³/mol. The minimum Gasteiger partial charge on any atom is -0.481 e. The summed E-state index contributed by atoms with van der Waals surface area (Å²) in [5, 5.41) is 38.3. The molecule has 7 atom stereocenters. The average molecular weight is 378 g/mol. The molecule has 1 rings (SSSR count). The summed E-state index contributed by atoms with van der Waals surface area (Å²) in [5.74, 6) is -1.64. The van der Waals surface area contributed by atoms with Gasteiger partial charge in [0.25, 0.3) is 0 Å². The van der Waals surface area contributed by atoms with Crippen molar-refractivity contribution in [2.24, 2.45) is 0 Å². The smallest absolute Gasteiger partial charge is 0.308 e. The fourth-order valence-electron chi connectivity index (χ4n) is 2.74. The van der Waals surface area contributed by atoms with Gasteiger partial charge in [0, 0.05) is 0 Å². The summed E-state index contributed by atoms with van der Waals surface area (Å²) in [4.78, 5) is 22.9. The Kier molecular flexibility index (Phi) is 9.45. The second-order valence-electron chi connectivity index (χ2n) is 6.55. The van der Waals surface area contributed by atoms with Crippen LogP contribution in [0.4, 0.5) is 0 Å². The third kappa shape index (κ3) is 6.81. The molecule has 0 aromatic rings. The Morgan fingerprint density at radius 1 is 1.04 bits per heavy atom. The van der Waals surface area contributed by atoms with Gasteiger partial charge in [0.15, 0.2) is 6.29 Å². The number of aliphatic carboxylic acids is 1. The second-order valence-corrected chi connectivity index (χ2v) is 6.55. The summed E-state index contributed by atoms with van der Waals surface area (Å²) in [5.41, 5.74) is 0. The van der Waals surface area contributed by atoms with Crippen LogP contribution in [-0.4, -0.2) is 75.3 Å². The second kappa shape index (κ2) is 10.8.